The standard InChI is InChI=1S/C19H21FN6O/c1-12-24-18(22-7-13-8-23-26(2)10-13)6-19(25-12)27-11-14-5-16(14)17-4-3-15(20)9-21-17/h3-4,6,8-10,14,16H,5,7,11H2,1-2H3,(H,22,24,25). The van der Waals surface area contributed by atoms with E-state index < -0.39 is 0 Å². The van der Waals surface area contributed by atoms with Gasteiger partial charge in [-0.25, -0.2) is 9.37 Å². The molecule has 0 aromatic carbocycles. The number of hydrogen-bond acceptors (Lipinski definition) is 6. The van der Waals surface area contributed by atoms with Gasteiger partial charge in [-0.05, 0) is 25.5 Å². The largest absolute Gasteiger partial charge is 0.477 e. The van der Waals surface area contributed by atoms with E-state index in [0.717, 1.165) is 17.7 Å². The minimum Gasteiger partial charge on any atom is -0.477 e. The van der Waals surface area contributed by atoms with Gasteiger partial charge in [0.25, 0.3) is 0 Å². The van der Waals surface area contributed by atoms with Crippen molar-refractivity contribution in [3.8, 4) is 5.88 Å². The van der Waals surface area contributed by atoms with Crippen LogP contribution < -0.4 is 10.1 Å². The summed E-state index contributed by atoms with van der Waals surface area (Å²) in [5.74, 6) is 2.31. The second-order valence-electron chi connectivity index (χ2n) is 6.83. The fraction of sp³-hybridized carbons (Fsp3) is 0.368. The molecule has 3 heterocycles. The Morgan fingerprint density at radius 3 is 2.93 bits per heavy atom. The Morgan fingerprint density at radius 2 is 2.19 bits per heavy atom. The topological polar surface area (TPSA) is 77.8 Å². The average Bonchev–Trinajstić information content (AvgIpc) is 3.30. The molecule has 0 amide bonds. The second kappa shape index (κ2) is 7.30. The molecular formula is C19H21FN6O. The fourth-order valence-electron chi connectivity index (χ4n) is 3.05. The summed E-state index contributed by atoms with van der Waals surface area (Å²) >= 11 is 0. The second-order valence-corrected chi connectivity index (χ2v) is 6.83. The molecule has 1 saturated carbocycles. The van der Waals surface area contributed by atoms with Crippen LogP contribution in [0.4, 0.5) is 10.2 Å². The number of pyridine rings is 1. The van der Waals surface area contributed by atoms with Crippen molar-refractivity contribution in [2.24, 2.45) is 13.0 Å². The van der Waals surface area contributed by atoms with E-state index >= 15 is 0 Å². The van der Waals surface area contributed by atoms with Gasteiger partial charge in [-0.15, -0.1) is 0 Å². The van der Waals surface area contributed by atoms with Crippen LogP contribution in [-0.2, 0) is 13.6 Å². The molecule has 0 spiro atoms. The molecule has 4 rings (SSSR count). The van der Waals surface area contributed by atoms with Gasteiger partial charge in [-0.1, -0.05) is 0 Å². The third kappa shape index (κ3) is 4.39. The van der Waals surface area contributed by atoms with E-state index in [2.05, 4.69) is 25.4 Å². The van der Waals surface area contributed by atoms with E-state index in [1.54, 1.807) is 16.8 Å². The predicted molar refractivity (Wildman–Crippen MR) is 97.8 cm³/mol. The third-order valence-electron chi connectivity index (χ3n) is 4.54. The van der Waals surface area contributed by atoms with Gasteiger partial charge in [0.05, 0.1) is 19.0 Å². The maximum atomic E-state index is 13.0. The van der Waals surface area contributed by atoms with Crippen molar-refractivity contribution < 1.29 is 9.13 Å². The molecule has 140 valence electrons. The lowest BCUT2D eigenvalue weighted by Crippen LogP contribution is -2.07. The van der Waals surface area contributed by atoms with Crippen molar-refractivity contribution in [2.45, 2.75) is 25.8 Å². The molecule has 1 fully saturated rings. The maximum absolute atomic E-state index is 13.0. The number of rotatable bonds is 7. The van der Waals surface area contributed by atoms with Gasteiger partial charge in [0.15, 0.2) is 0 Å². The van der Waals surface area contributed by atoms with Crippen LogP contribution in [0.2, 0.25) is 0 Å². The van der Waals surface area contributed by atoms with Crippen molar-refractivity contribution in [3.63, 3.8) is 0 Å². The molecule has 1 aliphatic carbocycles. The molecule has 1 aliphatic rings. The van der Waals surface area contributed by atoms with Gasteiger partial charge < -0.3 is 10.1 Å². The molecule has 3 aromatic rings. The summed E-state index contributed by atoms with van der Waals surface area (Å²) in [5.41, 5.74) is 1.99. The number of ether oxygens (including phenoxy) is 1. The number of nitrogens with zero attached hydrogens (tertiary/aromatic N) is 5. The highest BCUT2D eigenvalue weighted by Crippen LogP contribution is 2.46. The zero-order chi connectivity index (χ0) is 18.8. The monoisotopic (exact) mass is 368 g/mol. The smallest absolute Gasteiger partial charge is 0.218 e. The number of halogens is 1. The van der Waals surface area contributed by atoms with Gasteiger partial charge in [-0.3, -0.25) is 9.67 Å². The first-order valence-corrected chi connectivity index (χ1v) is 8.88. The van der Waals surface area contributed by atoms with E-state index in [1.165, 1.54) is 12.3 Å². The first-order valence-electron chi connectivity index (χ1n) is 8.88. The Kier molecular flexibility index (Phi) is 4.70. The number of hydrogen-bond donors (Lipinski definition) is 1. The summed E-state index contributed by atoms with van der Waals surface area (Å²) in [4.78, 5) is 12.9. The molecule has 0 radical (unpaired) electrons. The van der Waals surface area contributed by atoms with E-state index in [9.17, 15) is 4.39 Å². The van der Waals surface area contributed by atoms with Gasteiger partial charge >= 0.3 is 0 Å². The summed E-state index contributed by atoms with van der Waals surface area (Å²) in [7, 11) is 1.89. The van der Waals surface area contributed by atoms with Crippen LogP contribution in [0.25, 0.3) is 0 Å². The summed E-state index contributed by atoms with van der Waals surface area (Å²) in [6.07, 6.45) is 6.03. The van der Waals surface area contributed by atoms with E-state index in [4.69, 9.17) is 4.74 Å². The zero-order valence-corrected chi connectivity index (χ0v) is 15.3. The van der Waals surface area contributed by atoms with Crippen LogP contribution in [0, 0.1) is 18.7 Å². The molecule has 3 aromatic heterocycles. The number of anilines is 1. The van der Waals surface area contributed by atoms with Crippen molar-refractivity contribution in [3.05, 3.63) is 59.7 Å². The van der Waals surface area contributed by atoms with Crippen LogP contribution in [-0.4, -0.2) is 31.3 Å². The minimum absolute atomic E-state index is 0.310. The molecule has 0 aliphatic heterocycles. The Balaban J connectivity index is 1.32. The summed E-state index contributed by atoms with van der Waals surface area (Å²) in [5, 5.41) is 7.42. The highest BCUT2D eigenvalue weighted by atomic mass is 19.1. The first-order chi connectivity index (χ1) is 13.1. The summed E-state index contributed by atoms with van der Waals surface area (Å²) in [6.45, 7) is 3.03. The molecule has 7 nitrogen and oxygen atoms in total. The van der Waals surface area contributed by atoms with Crippen molar-refractivity contribution in [1.29, 1.82) is 0 Å². The third-order valence-corrected chi connectivity index (χ3v) is 4.54. The van der Waals surface area contributed by atoms with Crippen molar-refractivity contribution >= 4 is 5.82 Å². The quantitative estimate of drug-likeness (QED) is 0.691. The first kappa shape index (κ1) is 17.4. The van der Waals surface area contributed by atoms with Crippen LogP contribution in [0.3, 0.4) is 0 Å². The number of aromatic nitrogens is 5. The molecule has 2 atom stereocenters. The van der Waals surface area contributed by atoms with Gasteiger partial charge in [0, 0.05) is 48.9 Å². The number of aryl methyl sites for hydroxylation is 2. The molecule has 0 bridgehead atoms. The molecule has 0 saturated heterocycles. The van der Waals surface area contributed by atoms with Gasteiger partial charge in [-0.2, -0.15) is 10.1 Å². The summed E-state index contributed by atoms with van der Waals surface area (Å²) < 4.78 is 20.6. The minimum atomic E-state index is -0.310. The van der Waals surface area contributed by atoms with E-state index in [0.29, 0.717) is 42.5 Å². The Morgan fingerprint density at radius 1 is 1.30 bits per heavy atom. The number of nitrogens with one attached hydrogen (secondary N) is 1. The summed E-state index contributed by atoms with van der Waals surface area (Å²) in [6, 6.07) is 5.00. The van der Waals surface area contributed by atoms with E-state index in [1.807, 2.05) is 26.4 Å². The molecule has 27 heavy (non-hydrogen) atoms. The molecule has 8 heteroatoms. The van der Waals surface area contributed by atoms with Crippen LogP contribution in [0.5, 0.6) is 5.88 Å². The van der Waals surface area contributed by atoms with Gasteiger partial charge in [0.2, 0.25) is 5.88 Å². The van der Waals surface area contributed by atoms with Crippen LogP contribution in [0.1, 0.15) is 29.4 Å². The predicted octanol–water partition coefficient (Wildman–Crippen LogP) is 2.85. The Labute approximate surface area is 156 Å². The lowest BCUT2D eigenvalue weighted by Gasteiger charge is -2.09. The lowest BCUT2D eigenvalue weighted by atomic mass is 10.2. The van der Waals surface area contributed by atoms with Crippen molar-refractivity contribution in [1.82, 2.24) is 24.7 Å². The molecule has 1 N–H and O–H groups in total. The van der Waals surface area contributed by atoms with Gasteiger partial charge in [0.1, 0.15) is 17.5 Å². The normalized spacial score (nSPS) is 18.3. The van der Waals surface area contributed by atoms with Crippen molar-refractivity contribution in [2.75, 3.05) is 11.9 Å². The van der Waals surface area contributed by atoms with Crippen LogP contribution >= 0.6 is 0 Å². The Bertz CT molecular complexity index is 926. The van der Waals surface area contributed by atoms with Crippen LogP contribution in [0.15, 0.2) is 36.8 Å². The molecular weight excluding hydrogens is 347 g/mol. The maximum Gasteiger partial charge on any atom is 0.218 e. The zero-order valence-electron chi connectivity index (χ0n) is 15.3. The SMILES string of the molecule is Cc1nc(NCc2cnn(C)c2)cc(OCC2CC2c2ccc(F)cn2)n1. The van der Waals surface area contributed by atoms with E-state index in [-0.39, 0.29) is 5.82 Å². The highest BCUT2D eigenvalue weighted by Gasteiger charge is 2.40. The average molecular weight is 368 g/mol. The molecule has 2 unspecified atom stereocenters. The Hall–Kier alpha value is -3.03. The lowest BCUT2D eigenvalue weighted by molar-refractivity contribution is 0.284. The fourth-order valence-corrected chi connectivity index (χ4v) is 3.05. The highest BCUT2D eigenvalue weighted by molar-refractivity contribution is 5.39.